The second-order valence-electron chi connectivity index (χ2n) is 8.35. The Bertz CT molecular complexity index is 1120. The Hall–Kier alpha value is -3.26. The second-order valence-corrected chi connectivity index (χ2v) is 8.35. The lowest BCUT2D eigenvalue weighted by molar-refractivity contribution is 0.0775. The number of likely N-dealkylation sites (tertiary alicyclic amines) is 1. The molecule has 1 aliphatic heterocycles. The predicted molar refractivity (Wildman–Crippen MR) is 122 cm³/mol. The van der Waals surface area contributed by atoms with Crippen LogP contribution in [0.25, 0.3) is 10.9 Å². The number of rotatable bonds is 7. The maximum Gasteiger partial charge on any atom is 0.272 e. The number of aromatic nitrogens is 3. The molecule has 0 bridgehead atoms. The Morgan fingerprint density at radius 1 is 1.25 bits per heavy atom. The highest BCUT2D eigenvalue weighted by atomic mass is 16.5. The van der Waals surface area contributed by atoms with Crippen molar-refractivity contribution < 1.29 is 14.3 Å². The zero-order valence-electron chi connectivity index (χ0n) is 18.7. The van der Waals surface area contributed by atoms with Gasteiger partial charge in [-0.15, -0.1) is 0 Å². The number of para-hydroxylation sites is 1. The summed E-state index contributed by atoms with van der Waals surface area (Å²) in [7, 11) is 1.60. The lowest BCUT2D eigenvalue weighted by atomic mass is 9.99. The van der Waals surface area contributed by atoms with Gasteiger partial charge in [-0.25, -0.2) is 0 Å². The summed E-state index contributed by atoms with van der Waals surface area (Å²) >= 11 is 0. The molecule has 0 saturated carbocycles. The number of pyridine rings is 1. The largest absolute Gasteiger partial charge is 0.383 e. The molecule has 32 heavy (non-hydrogen) atoms. The zero-order valence-corrected chi connectivity index (χ0v) is 18.7. The lowest BCUT2D eigenvalue weighted by Gasteiger charge is -2.19. The lowest BCUT2D eigenvalue weighted by Crippen LogP contribution is -2.31. The summed E-state index contributed by atoms with van der Waals surface area (Å²) in [5.41, 5.74) is 2.83. The van der Waals surface area contributed by atoms with Gasteiger partial charge < -0.3 is 15.0 Å². The van der Waals surface area contributed by atoms with E-state index in [4.69, 9.17) is 9.72 Å². The number of amides is 2. The normalized spacial score (nSPS) is 16.1. The van der Waals surface area contributed by atoms with Crippen LogP contribution in [0, 0.1) is 0 Å². The minimum Gasteiger partial charge on any atom is -0.383 e. The molecule has 3 aromatic rings. The summed E-state index contributed by atoms with van der Waals surface area (Å²) < 4.78 is 6.79. The SMILES string of the molecule is COCCNC(=O)c1cc([C@@H]2CCN(C(=O)c3ccnn3C(C)C)C2)nc2ccccc12. The number of carbonyl (C=O) groups is 2. The number of carbonyl (C=O) groups excluding carboxylic acids is 2. The molecule has 8 nitrogen and oxygen atoms in total. The van der Waals surface area contributed by atoms with E-state index in [1.807, 2.05) is 49.1 Å². The molecule has 1 aromatic carbocycles. The van der Waals surface area contributed by atoms with Crippen molar-refractivity contribution in [3.63, 3.8) is 0 Å². The first kappa shape index (κ1) is 22.0. The van der Waals surface area contributed by atoms with Crippen molar-refractivity contribution in [2.75, 3.05) is 33.4 Å². The Morgan fingerprint density at radius 3 is 2.84 bits per heavy atom. The van der Waals surface area contributed by atoms with E-state index < -0.39 is 0 Å². The summed E-state index contributed by atoms with van der Waals surface area (Å²) in [6.07, 6.45) is 2.47. The molecule has 0 aliphatic carbocycles. The number of hydrogen-bond donors (Lipinski definition) is 1. The van der Waals surface area contributed by atoms with E-state index in [0.29, 0.717) is 37.5 Å². The second kappa shape index (κ2) is 9.48. The Balaban J connectivity index is 1.58. The third-order valence-electron chi connectivity index (χ3n) is 5.84. The van der Waals surface area contributed by atoms with Crippen molar-refractivity contribution >= 4 is 22.7 Å². The van der Waals surface area contributed by atoms with Gasteiger partial charge in [0.05, 0.1) is 17.7 Å². The Kier molecular flexibility index (Phi) is 6.50. The average molecular weight is 436 g/mol. The molecule has 1 fully saturated rings. The molecular weight excluding hydrogens is 406 g/mol. The van der Waals surface area contributed by atoms with Gasteiger partial charge in [-0.05, 0) is 38.5 Å². The summed E-state index contributed by atoms with van der Waals surface area (Å²) in [6.45, 7) is 6.13. The molecule has 0 spiro atoms. The van der Waals surface area contributed by atoms with E-state index in [0.717, 1.165) is 23.0 Å². The van der Waals surface area contributed by atoms with E-state index in [9.17, 15) is 9.59 Å². The minimum absolute atomic E-state index is 0.0166. The molecule has 2 amide bonds. The fourth-order valence-corrected chi connectivity index (χ4v) is 4.20. The molecule has 0 radical (unpaired) electrons. The van der Waals surface area contributed by atoms with Gasteiger partial charge in [-0.2, -0.15) is 5.10 Å². The van der Waals surface area contributed by atoms with Crippen LogP contribution in [0.4, 0.5) is 0 Å². The number of benzene rings is 1. The predicted octanol–water partition coefficient (Wildman–Crippen LogP) is 3.02. The van der Waals surface area contributed by atoms with Crippen molar-refractivity contribution in [1.82, 2.24) is 25.0 Å². The van der Waals surface area contributed by atoms with Gasteiger partial charge in [0.25, 0.3) is 11.8 Å². The minimum atomic E-state index is -0.145. The summed E-state index contributed by atoms with van der Waals surface area (Å²) in [5, 5.41) is 8.01. The average Bonchev–Trinajstić information content (AvgIpc) is 3.48. The van der Waals surface area contributed by atoms with Gasteiger partial charge in [0.2, 0.25) is 0 Å². The molecular formula is C24H29N5O3. The number of fused-ring (bicyclic) bond motifs is 1. The van der Waals surface area contributed by atoms with Gasteiger partial charge in [-0.3, -0.25) is 19.3 Å². The summed E-state index contributed by atoms with van der Waals surface area (Å²) in [4.78, 5) is 32.7. The quantitative estimate of drug-likeness (QED) is 0.576. The van der Waals surface area contributed by atoms with Crippen molar-refractivity contribution in [1.29, 1.82) is 0 Å². The molecule has 2 aromatic heterocycles. The van der Waals surface area contributed by atoms with Crippen LogP contribution in [0.5, 0.6) is 0 Å². The van der Waals surface area contributed by atoms with Gasteiger partial charge in [-0.1, -0.05) is 18.2 Å². The highest BCUT2D eigenvalue weighted by Gasteiger charge is 2.31. The van der Waals surface area contributed by atoms with E-state index in [1.54, 1.807) is 24.1 Å². The summed E-state index contributed by atoms with van der Waals surface area (Å²) in [6, 6.07) is 11.4. The van der Waals surface area contributed by atoms with E-state index in [-0.39, 0.29) is 23.8 Å². The Labute approximate surface area is 187 Å². The molecule has 1 atom stereocenters. The van der Waals surface area contributed by atoms with Crippen LogP contribution in [0.3, 0.4) is 0 Å². The third-order valence-corrected chi connectivity index (χ3v) is 5.84. The standard InChI is InChI=1S/C24H29N5O3/c1-16(2)29-22(8-10-26-29)24(31)28-12-9-17(15-28)21-14-19(23(30)25-11-13-32-3)18-6-4-5-7-20(18)27-21/h4-8,10,14,16-17H,9,11-13,15H2,1-3H3,(H,25,30)/t17-/m1/s1. The monoisotopic (exact) mass is 435 g/mol. The van der Waals surface area contributed by atoms with Crippen molar-refractivity contribution in [3.8, 4) is 0 Å². The maximum atomic E-state index is 13.1. The number of nitrogens with zero attached hydrogens (tertiary/aromatic N) is 4. The van der Waals surface area contributed by atoms with Crippen LogP contribution in [0.1, 0.15) is 58.8 Å². The van der Waals surface area contributed by atoms with E-state index in [2.05, 4.69) is 10.4 Å². The van der Waals surface area contributed by atoms with Crippen molar-refractivity contribution in [2.45, 2.75) is 32.2 Å². The van der Waals surface area contributed by atoms with Gasteiger partial charge >= 0.3 is 0 Å². The van der Waals surface area contributed by atoms with Gasteiger partial charge in [0, 0.05) is 56.0 Å². The highest BCUT2D eigenvalue weighted by molar-refractivity contribution is 6.06. The van der Waals surface area contributed by atoms with Gasteiger partial charge in [0.15, 0.2) is 0 Å². The molecule has 0 unspecified atom stereocenters. The molecule has 1 saturated heterocycles. The van der Waals surface area contributed by atoms with Crippen molar-refractivity contribution in [3.05, 3.63) is 59.5 Å². The van der Waals surface area contributed by atoms with Crippen LogP contribution >= 0.6 is 0 Å². The molecule has 168 valence electrons. The van der Waals surface area contributed by atoms with Crippen LogP contribution in [0.15, 0.2) is 42.6 Å². The first-order valence-electron chi connectivity index (χ1n) is 11.0. The maximum absolute atomic E-state index is 13.1. The van der Waals surface area contributed by atoms with Crippen LogP contribution in [-0.4, -0.2) is 64.8 Å². The smallest absolute Gasteiger partial charge is 0.272 e. The Morgan fingerprint density at radius 2 is 2.06 bits per heavy atom. The highest BCUT2D eigenvalue weighted by Crippen LogP contribution is 2.30. The van der Waals surface area contributed by atoms with Crippen molar-refractivity contribution in [2.24, 2.45) is 0 Å². The fraction of sp³-hybridized carbons (Fsp3) is 0.417. The molecule has 3 heterocycles. The number of methoxy groups -OCH3 is 1. The van der Waals surface area contributed by atoms with E-state index >= 15 is 0 Å². The number of hydrogen-bond acceptors (Lipinski definition) is 5. The summed E-state index contributed by atoms with van der Waals surface area (Å²) in [5.74, 6) is -0.0878. The first-order chi connectivity index (χ1) is 15.5. The molecule has 4 rings (SSSR count). The molecule has 8 heteroatoms. The fourth-order valence-electron chi connectivity index (χ4n) is 4.20. The number of nitrogens with one attached hydrogen (secondary N) is 1. The third kappa shape index (κ3) is 4.36. The zero-order chi connectivity index (χ0) is 22.7. The van der Waals surface area contributed by atoms with Gasteiger partial charge in [0.1, 0.15) is 5.69 Å². The van der Waals surface area contributed by atoms with E-state index in [1.165, 1.54) is 0 Å². The molecule has 1 aliphatic rings. The topological polar surface area (TPSA) is 89.4 Å². The van der Waals surface area contributed by atoms with Crippen LogP contribution in [-0.2, 0) is 4.74 Å². The number of ether oxygens (including phenoxy) is 1. The van der Waals surface area contributed by atoms with Crippen LogP contribution < -0.4 is 5.32 Å². The first-order valence-corrected chi connectivity index (χ1v) is 11.0. The molecule has 1 N–H and O–H groups in total. The van der Waals surface area contributed by atoms with Crippen LogP contribution in [0.2, 0.25) is 0 Å².